The molecule has 1 amide bonds. The van der Waals surface area contributed by atoms with Gasteiger partial charge in [0.05, 0.1) is 4.88 Å². The van der Waals surface area contributed by atoms with Gasteiger partial charge < -0.3 is 4.90 Å². The zero-order chi connectivity index (χ0) is 14.7. The molecule has 110 valence electrons. The molecule has 3 rings (SSSR count). The minimum atomic E-state index is -0.204. The molecule has 1 aliphatic rings. The van der Waals surface area contributed by atoms with Crippen molar-refractivity contribution in [3.63, 3.8) is 0 Å². The van der Waals surface area contributed by atoms with E-state index in [2.05, 4.69) is 4.90 Å². The van der Waals surface area contributed by atoms with E-state index in [0.717, 1.165) is 43.2 Å². The van der Waals surface area contributed by atoms with Crippen molar-refractivity contribution < 1.29 is 9.18 Å². The number of nitrogens with zero attached hydrogens (tertiary/aromatic N) is 2. The molecule has 1 aromatic heterocycles. The van der Waals surface area contributed by atoms with Gasteiger partial charge in [-0.25, -0.2) is 4.39 Å². The van der Waals surface area contributed by atoms with Crippen molar-refractivity contribution in [1.29, 1.82) is 0 Å². The fraction of sp³-hybridized carbons (Fsp3) is 0.312. The second kappa shape index (κ2) is 6.37. The van der Waals surface area contributed by atoms with Crippen molar-refractivity contribution in [3.8, 4) is 0 Å². The fourth-order valence-corrected chi connectivity index (χ4v) is 3.20. The summed E-state index contributed by atoms with van der Waals surface area (Å²) < 4.78 is 12.9. The topological polar surface area (TPSA) is 23.6 Å². The van der Waals surface area contributed by atoms with E-state index in [1.54, 1.807) is 0 Å². The lowest BCUT2D eigenvalue weighted by molar-refractivity contribution is 0.0633. The van der Waals surface area contributed by atoms with Gasteiger partial charge >= 0.3 is 0 Å². The Hall–Kier alpha value is -1.72. The highest BCUT2D eigenvalue weighted by Crippen LogP contribution is 2.15. The van der Waals surface area contributed by atoms with Gasteiger partial charge in [0.1, 0.15) is 5.82 Å². The number of amides is 1. The van der Waals surface area contributed by atoms with Gasteiger partial charge in [-0.05, 0) is 29.1 Å². The fourth-order valence-electron chi connectivity index (χ4n) is 2.51. The Morgan fingerprint density at radius 3 is 2.43 bits per heavy atom. The first kappa shape index (κ1) is 14.2. The lowest BCUT2D eigenvalue weighted by Gasteiger charge is -2.34. The normalized spacial score (nSPS) is 16.1. The van der Waals surface area contributed by atoms with Crippen LogP contribution in [0, 0.1) is 5.82 Å². The van der Waals surface area contributed by atoms with Crippen LogP contribution in [0.15, 0.2) is 41.8 Å². The Balaban J connectivity index is 1.53. The largest absolute Gasteiger partial charge is 0.335 e. The molecule has 2 aromatic rings. The maximum Gasteiger partial charge on any atom is 0.264 e. The number of thiophene rings is 1. The smallest absolute Gasteiger partial charge is 0.264 e. The number of carbonyl (C=O) groups is 1. The number of hydrogen-bond donors (Lipinski definition) is 0. The molecule has 2 heterocycles. The molecule has 0 bridgehead atoms. The number of rotatable bonds is 3. The summed E-state index contributed by atoms with van der Waals surface area (Å²) in [6.45, 7) is 4.01. The van der Waals surface area contributed by atoms with E-state index in [9.17, 15) is 9.18 Å². The maximum absolute atomic E-state index is 12.9. The van der Waals surface area contributed by atoms with Crippen LogP contribution in [0.5, 0.6) is 0 Å². The molecule has 0 radical (unpaired) electrons. The van der Waals surface area contributed by atoms with Crippen LogP contribution in [0.2, 0.25) is 0 Å². The lowest BCUT2D eigenvalue weighted by atomic mass is 10.2. The van der Waals surface area contributed by atoms with Crippen molar-refractivity contribution in [2.75, 3.05) is 26.2 Å². The monoisotopic (exact) mass is 304 g/mol. The molecule has 1 aromatic carbocycles. The summed E-state index contributed by atoms with van der Waals surface area (Å²) in [4.78, 5) is 17.3. The first-order chi connectivity index (χ1) is 10.2. The van der Waals surface area contributed by atoms with Gasteiger partial charge in [0.15, 0.2) is 0 Å². The molecule has 0 aliphatic carbocycles. The van der Waals surface area contributed by atoms with Gasteiger partial charge in [0.25, 0.3) is 5.91 Å². The molecule has 1 aliphatic heterocycles. The summed E-state index contributed by atoms with van der Waals surface area (Å²) in [7, 11) is 0. The Morgan fingerprint density at radius 1 is 1.10 bits per heavy atom. The van der Waals surface area contributed by atoms with E-state index in [-0.39, 0.29) is 11.7 Å². The molecule has 5 heteroatoms. The lowest BCUT2D eigenvalue weighted by Crippen LogP contribution is -2.48. The second-order valence-corrected chi connectivity index (χ2v) is 6.12. The summed E-state index contributed by atoms with van der Waals surface area (Å²) in [5, 5.41) is 1.93. The molecular formula is C16H17FN2OS. The van der Waals surface area contributed by atoms with Crippen molar-refractivity contribution in [2.45, 2.75) is 6.54 Å². The van der Waals surface area contributed by atoms with Gasteiger partial charge in [-0.1, -0.05) is 18.2 Å². The van der Waals surface area contributed by atoms with Crippen LogP contribution in [0.4, 0.5) is 4.39 Å². The number of halogens is 1. The number of carbonyl (C=O) groups excluding carboxylic acids is 1. The standard InChI is InChI=1S/C16H17FN2OS/c17-14-5-3-13(4-6-14)12-18-7-9-19(10-8-18)16(20)15-2-1-11-21-15/h1-6,11H,7-10,12H2. The van der Waals surface area contributed by atoms with Crippen LogP contribution < -0.4 is 0 Å². The molecule has 0 saturated carbocycles. The van der Waals surface area contributed by atoms with Gasteiger partial charge in [0.2, 0.25) is 0 Å². The SMILES string of the molecule is O=C(c1cccs1)N1CCN(Cc2ccc(F)cc2)CC1. The van der Waals surface area contributed by atoms with Crippen molar-refractivity contribution in [3.05, 3.63) is 58.0 Å². The average Bonchev–Trinajstić information content (AvgIpc) is 3.04. The summed E-state index contributed by atoms with van der Waals surface area (Å²) in [5.41, 5.74) is 1.11. The molecule has 1 fully saturated rings. The Morgan fingerprint density at radius 2 is 1.81 bits per heavy atom. The second-order valence-electron chi connectivity index (χ2n) is 5.17. The number of hydrogen-bond acceptors (Lipinski definition) is 3. The highest BCUT2D eigenvalue weighted by Gasteiger charge is 2.22. The summed E-state index contributed by atoms with van der Waals surface area (Å²) in [6.07, 6.45) is 0. The predicted molar refractivity (Wildman–Crippen MR) is 81.9 cm³/mol. The predicted octanol–water partition coefficient (Wildman–Crippen LogP) is 2.85. The van der Waals surface area contributed by atoms with Crippen molar-refractivity contribution in [2.24, 2.45) is 0 Å². The Kier molecular flexibility index (Phi) is 4.31. The van der Waals surface area contributed by atoms with Crippen LogP contribution in [-0.4, -0.2) is 41.9 Å². The minimum Gasteiger partial charge on any atom is -0.335 e. The third-order valence-electron chi connectivity index (χ3n) is 3.71. The van der Waals surface area contributed by atoms with E-state index >= 15 is 0 Å². The van der Waals surface area contributed by atoms with E-state index < -0.39 is 0 Å². The summed E-state index contributed by atoms with van der Waals surface area (Å²) in [6, 6.07) is 10.4. The third kappa shape index (κ3) is 3.49. The van der Waals surface area contributed by atoms with Crippen LogP contribution in [0.3, 0.4) is 0 Å². The van der Waals surface area contributed by atoms with E-state index in [1.807, 2.05) is 34.5 Å². The molecule has 0 atom stereocenters. The zero-order valence-corrected chi connectivity index (χ0v) is 12.5. The van der Waals surface area contributed by atoms with E-state index in [1.165, 1.54) is 23.5 Å². The van der Waals surface area contributed by atoms with Gasteiger partial charge in [0, 0.05) is 32.7 Å². The maximum atomic E-state index is 12.9. The highest BCUT2D eigenvalue weighted by atomic mass is 32.1. The average molecular weight is 304 g/mol. The minimum absolute atomic E-state index is 0.131. The molecule has 0 unspecified atom stereocenters. The molecule has 0 N–H and O–H groups in total. The Bertz CT molecular complexity index is 589. The molecule has 1 saturated heterocycles. The quantitative estimate of drug-likeness (QED) is 0.870. The van der Waals surface area contributed by atoms with Crippen LogP contribution in [0.25, 0.3) is 0 Å². The molecule has 21 heavy (non-hydrogen) atoms. The van der Waals surface area contributed by atoms with Crippen LogP contribution >= 0.6 is 11.3 Å². The van der Waals surface area contributed by atoms with E-state index in [4.69, 9.17) is 0 Å². The first-order valence-corrected chi connectivity index (χ1v) is 7.90. The highest BCUT2D eigenvalue weighted by molar-refractivity contribution is 7.12. The third-order valence-corrected chi connectivity index (χ3v) is 4.57. The van der Waals surface area contributed by atoms with E-state index in [0.29, 0.717) is 0 Å². The van der Waals surface area contributed by atoms with Gasteiger partial charge in [-0.3, -0.25) is 9.69 Å². The summed E-state index contributed by atoms with van der Waals surface area (Å²) in [5.74, 6) is -0.0726. The first-order valence-electron chi connectivity index (χ1n) is 7.02. The van der Waals surface area contributed by atoms with Gasteiger partial charge in [-0.15, -0.1) is 11.3 Å². The molecular weight excluding hydrogens is 287 g/mol. The van der Waals surface area contributed by atoms with Crippen LogP contribution in [0.1, 0.15) is 15.2 Å². The van der Waals surface area contributed by atoms with Crippen molar-refractivity contribution >= 4 is 17.2 Å². The molecule has 0 spiro atoms. The van der Waals surface area contributed by atoms with Crippen molar-refractivity contribution in [1.82, 2.24) is 9.80 Å². The summed E-state index contributed by atoms with van der Waals surface area (Å²) >= 11 is 1.49. The number of piperazine rings is 1. The zero-order valence-electron chi connectivity index (χ0n) is 11.7. The van der Waals surface area contributed by atoms with Gasteiger partial charge in [-0.2, -0.15) is 0 Å². The van der Waals surface area contributed by atoms with Crippen LogP contribution in [-0.2, 0) is 6.54 Å². The number of benzene rings is 1. The molecule has 3 nitrogen and oxygen atoms in total. The Labute approximate surface area is 127 Å².